The molecule has 0 aliphatic heterocycles. The van der Waals surface area contributed by atoms with Crippen LogP contribution in [0.2, 0.25) is 0 Å². The van der Waals surface area contributed by atoms with Crippen molar-refractivity contribution in [3.05, 3.63) is 52.6 Å². The third-order valence-corrected chi connectivity index (χ3v) is 4.71. The molecule has 1 N–H and O–H groups in total. The fourth-order valence-electron chi connectivity index (χ4n) is 2.61. The van der Waals surface area contributed by atoms with E-state index < -0.39 is 0 Å². The van der Waals surface area contributed by atoms with Crippen molar-refractivity contribution in [1.82, 2.24) is 15.1 Å². The number of hydrogen-bond acceptors (Lipinski definition) is 7. The van der Waals surface area contributed by atoms with Crippen molar-refractivity contribution < 1.29 is 14.3 Å². The molecule has 156 valence electrons. The summed E-state index contributed by atoms with van der Waals surface area (Å²) in [5.74, 6) is 1.41. The topological polar surface area (TPSA) is 88.9 Å². The lowest BCUT2D eigenvalue weighted by atomic mass is 10.2. The third-order valence-electron chi connectivity index (χ3n) is 4.13. The Balaban J connectivity index is 1.79. The van der Waals surface area contributed by atoms with Crippen molar-refractivity contribution >= 4 is 44.6 Å². The first-order valence-corrected chi connectivity index (χ1v) is 10.1. The Morgan fingerprint density at radius 2 is 2.07 bits per heavy atom. The number of benzene rings is 2. The highest BCUT2D eigenvalue weighted by Gasteiger charge is 2.14. The third kappa shape index (κ3) is 5.24. The lowest BCUT2D eigenvalue weighted by Crippen LogP contribution is -2.27. The first-order chi connectivity index (χ1) is 14.5. The van der Waals surface area contributed by atoms with E-state index in [1.165, 1.54) is 4.90 Å². The van der Waals surface area contributed by atoms with Crippen LogP contribution in [-0.4, -0.2) is 54.5 Å². The molecule has 8 nitrogen and oxygen atoms in total. The van der Waals surface area contributed by atoms with Gasteiger partial charge in [-0.3, -0.25) is 10.2 Å². The van der Waals surface area contributed by atoms with Gasteiger partial charge < -0.3 is 14.4 Å². The van der Waals surface area contributed by atoms with E-state index in [1.807, 2.05) is 37.3 Å². The van der Waals surface area contributed by atoms with Crippen LogP contribution < -0.4 is 14.9 Å². The van der Waals surface area contributed by atoms with Crippen molar-refractivity contribution in [1.29, 1.82) is 0 Å². The van der Waals surface area contributed by atoms with Crippen LogP contribution in [0.25, 0.3) is 10.8 Å². The maximum Gasteiger partial charge on any atom is 0.259 e. The second-order valence-electron chi connectivity index (χ2n) is 6.49. The molecule has 0 spiro atoms. The minimum atomic E-state index is -0.143. The largest absolute Gasteiger partial charge is 0.490 e. The first kappa shape index (κ1) is 21.5. The SMILES string of the molecule is CCOc1cc(C=NNc2nncc3ccccc23)cc(Br)c1OCC(=O)N(C)C. The Morgan fingerprint density at radius 1 is 1.27 bits per heavy atom. The maximum atomic E-state index is 11.8. The minimum absolute atomic E-state index is 0.0829. The molecule has 30 heavy (non-hydrogen) atoms. The van der Waals surface area contributed by atoms with Gasteiger partial charge in [0.15, 0.2) is 23.9 Å². The number of carbonyl (C=O) groups is 1. The van der Waals surface area contributed by atoms with Crippen LogP contribution in [0.1, 0.15) is 12.5 Å². The number of likely N-dealkylation sites (N-methyl/N-ethyl adjacent to an activating group) is 1. The highest BCUT2D eigenvalue weighted by atomic mass is 79.9. The molecular formula is C21H22BrN5O3. The van der Waals surface area contributed by atoms with Crippen molar-refractivity contribution in [2.75, 3.05) is 32.7 Å². The molecule has 0 saturated heterocycles. The normalized spacial score (nSPS) is 10.9. The smallest absolute Gasteiger partial charge is 0.259 e. The number of ether oxygens (including phenoxy) is 2. The zero-order valence-corrected chi connectivity index (χ0v) is 18.5. The monoisotopic (exact) mass is 471 g/mol. The van der Waals surface area contributed by atoms with Gasteiger partial charge >= 0.3 is 0 Å². The molecule has 0 radical (unpaired) electrons. The van der Waals surface area contributed by atoms with Gasteiger partial charge in [-0.2, -0.15) is 10.2 Å². The Kier molecular flexibility index (Phi) is 7.18. The van der Waals surface area contributed by atoms with Gasteiger partial charge in [-0.25, -0.2) is 0 Å². The zero-order chi connectivity index (χ0) is 21.5. The number of fused-ring (bicyclic) bond motifs is 1. The van der Waals surface area contributed by atoms with Crippen LogP contribution >= 0.6 is 15.9 Å². The predicted molar refractivity (Wildman–Crippen MR) is 120 cm³/mol. The Morgan fingerprint density at radius 3 is 2.83 bits per heavy atom. The molecule has 0 aliphatic carbocycles. The number of carbonyl (C=O) groups excluding carboxylic acids is 1. The number of amides is 1. The van der Waals surface area contributed by atoms with Gasteiger partial charge in [0.25, 0.3) is 5.91 Å². The number of halogens is 1. The number of nitrogens with one attached hydrogen (secondary N) is 1. The first-order valence-electron chi connectivity index (χ1n) is 9.28. The summed E-state index contributed by atoms with van der Waals surface area (Å²) in [5.41, 5.74) is 3.71. The summed E-state index contributed by atoms with van der Waals surface area (Å²) in [6.45, 7) is 2.25. The van der Waals surface area contributed by atoms with E-state index in [0.717, 1.165) is 16.3 Å². The number of hydrogen-bond donors (Lipinski definition) is 1. The summed E-state index contributed by atoms with van der Waals surface area (Å²) in [6, 6.07) is 11.4. The summed E-state index contributed by atoms with van der Waals surface area (Å²) in [4.78, 5) is 13.3. The van der Waals surface area contributed by atoms with E-state index in [-0.39, 0.29) is 12.5 Å². The van der Waals surface area contributed by atoms with Gasteiger partial charge in [0, 0.05) is 24.9 Å². The van der Waals surface area contributed by atoms with Crippen LogP contribution in [0.5, 0.6) is 11.5 Å². The number of hydrazone groups is 1. The van der Waals surface area contributed by atoms with E-state index in [9.17, 15) is 4.79 Å². The predicted octanol–water partition coefficient (Wildman–Crippen LogP) is 3.70. The average Bonchev–Trinajstić information content (AvgIpc) is 2.73. The quantitative estimate of drug-likeness (QED) is 0.397. The summed E-state index contributed by atoms with van der Waals surface area (Å²) < 4.78 is 12.0. The highest BCUT2D eigenvalue weighted by Crippen LogP contribution is 2.36. The molecule has 0 unspecified atom stereocenters. The van der Waals surface area contributed by atoms with Crippen molar-refractivity contribution in [3.8, 4) is 11.5 Å². The molecular weight excluding hydrogens is 450 g/mol. The molecule has 1 aromatic heterocycles. The molecule has 1 amide bonds. The standard InChI is InChI=1S/C21H22BrN5O3/c1-4-29-18-10-14(9-17(22)20(18)30-13-19(28)27(2)3)11-23-25-21-16-8-6-5-7-15(16)12-24-26-21/h5-12H,4,13H2,1-3H3,(H,25,26). The van der Waals surface area contributed by atoms with Gasteiger partial charge in [-0.1, -0.05) is 24.3 Å². The summed E-state index contributed by atoms with van der Waals surface area (Å²) in [6.07, 6.45) is 3.35. The Bertz CT molecular complexity index is 1070. The zero-order valence-electron chi connectivity index (χ0n) is 16.9. The molecule has 0 aliphatic rings. The number of anilines is 1. The van der Waals surface area contributed by atoms with Gasteiger partial charge in [-0.05, 0) is 40.5 Å². The molecule has 3 rings (SSSR count). The fraction of sp³-hybridized carbons (Fsp3) is 0.238. The van der Waals surface area contributed by atoms with E-state index in [1.54, 1.807) is 32.6 Å². The van der Waals surface area contributed by atoms with Crippen molar-refractivity contribution in [3.63, 3.8) is 0 Å². The Hall–Kier alpha value is -3.20. The van der Waals surface area contributed by atoms with Crippen LogP contribution in [0, 0.1) is 0 Å². The van der Waals surface area contributed by atoms with Gasteiger partial charge in [0.2, 0.25) is 0 Å². The van der Waals surface area contributed by atoms with Gasteiger partial charge in [0.1, 0.15) is 0 Å². The van der Waals surface area contributed by atoms with E-state index in [2.05, 4.69) is 36.7 Å². The highest BCUT2D eigenvalue weighted by molar-refractivity contribution is 9.10. The van der Waals surface area contributed by atoms with E-state index in [4.69, 9.17) is 9.47 Å². The van der Waals surface area contributed by atoms with Crippen LogP contribution in [-0.2, 0) is 4.79 Å². The van der Waals surface area contributed by atoms with Crippen LogP contribution in [0.15, 0.2) is 52.2 Å². The second kappa shape index (κ2) is 10.0. The molecule has 0 bridgehead atoms. The molecule has 9 heteroatoms. The van der Waals surface area contributed by atoms with Crippen molar-refractivity contribution in [2.45, 2.75) is 6.92 Å². The molecule has 0 saturated carbocycles. The molecule has 2 aromatic carbocycles. The number of aromatic nitrogens is 2. The summed E-state index contributed by atoms with van der Waals surface area (Å²) in [5, 5.41) is 14.3. The van der Waals surface area contributed by atoms with Crippen LogP contribution in [0.3, 0.4) is 0 Å². The average molecular weight is 472 g/mol. The molecule has 0 fully saturated rings. The fourth-order valence-corrected chi connectivity index (χ4v) is 3.18. The lowest BCUT2D eigenvalue weighted by molar-refractivity contribution is -0.130. The second-order valence-corrected chi connectivity index (χ2v) is 7.34. The Labute approximate surface area is 183 Å². The number of nitrogens with zero attached hydrogens (tertiary/aromatic N) is 4. The molecule has 3 aromatic rings. The molecule has 0 atom stereocenters. The van der Waals surface area contributed by atoms with Crippen LogP contribution in [0.4, 0.5) is 5.82 Å². The van der Waals surface area contributed by atoms with E-state index >= 15 is 0 Å². The van der Waals surface area contributed by atoms with E-state index in [0.29, 0.717) is 28.4 Å². The van der Waals surface area contributed by atoms with Crippen molar-refractivity contribution in [2.24, 2.45) is 5.10 Å². The number of rotatable bonds is 8. The molecule has 1 heterocycles. The maximum absolute atomic E-state index is 11.8. The minimum Gasteiger partial charge on any atom is -0.490 e. The summed E-state index contributed by atoms with van der Waals surface area (Å²) >= 11 is 3.49. The van der Waals surface area contributed by atoms with Gasteiger partial charge in [0.05, 0.1) is 23.5 Å². The summed E-state index contributed by atoms with van der Waals surface area (Å²) in [7, 11) is 3.36. The van der Waals surface area contributed by atoms with Gasteiger partial charge in [-0.15, -0.1) is 5.10 Å². The lowest BCUT2D eigenvalue weighted by Gasteiger charge is -2.16.